The first-order chi connectivity index (χ1) is 19.6. The van der Waals surface area contributed by atoms with Crippen molar-refractivity contribution in [1.82, 2.24) is 4.90 Å². The fourth-order valence-electron chi connectivity index (χ4n) is 4.28. The molecule has 0 unspecified atom stereocenters. The quantitative estimate of drug-likeness (QED) is 0.283. The van der Waals surface area contributed by atoms with Crippen LogP contribution in [-0.4, -0.2) is 68.0 Å². The zero-order valence-corrected chi connectivity index (χ0v) is 22.6. The van der Waals surface area contributed by atoms with Gasteiger partial charge in [0.25, 0.3) is 11.1 Å². The topological polar surface area (TPSA) is 97.4 Å². The van der Waals surface area contributed by atoms with Crippen LogP contribution in [0.15, 0.2) is 83.8 Å². The number of hydrogen-bond acceptors (Lipinski definition) is 8. The first kappa shape index (κ1) is 27.3. The highest BCUT2D eigenvalue weighted by Crippen LogP contribution is 2.33. The highest BCUT2D eigenvalue weighted by Gasteiger charge is 2.36. The number of nitrogens with one attached hydrogen (secondary N) is 1. The molecule has 206 valence electrons. The molecule has 2 heterocycles. The minimum Gasteiger partial charge on any atom is -0.490 e. The predicted octanol–water partition coefficient (Wildman–Crippen LogP) is 4.66. The molecule has 0 bridgehead atoms. The third-order valence-corrected chi connectivity index (χ3v) is 7.15. The van der Waals surface area contributed by atoms with Gasteiger partial charge in [-0.05, 0) is 59.8 Å². The van der Waals surface area contributed by atoms with Crippen molar-refractivity contribution in [2.45, 2.75) is 0 Å². The van der Waals surface area contributed by atoms with Gasteiger partial charge in [0.2, 0.25) is 5.91 Å². The molecule has 0 spiro atoms. The van der Waals surface area contributed by atoms with Crippen LogP contribution in [0.2, 0.25) is 0 Å². The van der Waals surface area contributed by atoms with E-state index in [2.05, 4.69) is 10.2 Å². The molecule has 3 aromatic rings. The van der Waals surface area contributed by atoms with Gasteiger partial charge >= 0.3 is 0 Å². The van der Waals surface area contributed by atoms with Crippen LogP contribution >= 0.6 is 11.8 Å². The number of rotatable bonds is 10. The summed E-state index contributed by atoms with van der Waals surface area (Å²) in [6, 6.07) is 24.2. The SMILES string of the molecule is O=C(CN1C(=O)S/C(=C/c2ccc(OCCOc3ccccc3)cc2)C1=O)Nc1ccccc1N1CCOCC1. The number of morpholine rings is 1. The van der Waals surface area contributed by atoms with Crippen molar-refractivity contribution in [2.24, 2.45) is 0 Å². The zero-order chi connectivity index (χ0) is 27.7. The molecule has 3 aromatic carbocycles. The highest BCUT2D eigenvalue weighted by atomic mass is 32.2. The third-order valence-electron chi connectivity index (χ3n) is 6.25. The number of carbonyl (C=O) groups excluding carboxylic acids is 3. The van der Waals surface area contributed by atoms with Gasteiger partial charge in [0.1, 0.15) is 31.3 Å². The molecule has 0 atom stereocenters. The van der Waals surface area contributed by atoms with E-state index < -0.39 is 17.1 Å². The molecule has 2 fully saturated rings. The molecule has 2 saturated heterocycles. The number of para-hydroxylation sites is 3. The van der Waals surface area contributed by atoms with Crippen molar-refractivity contribution >= 4 is 46.3 Å². The average molecular weight is 560 g/mol. The summed E-state index contributed by atoms with van der Waals surface area (Å²) in [5.74, 6) is 0.508. The van der Waals surface area contributed by atoms with Gasteiger partial charge in [0, 0.05) is 13.1 Å². The van der Waals surface area contributed by atoms with E-state index in [4.69, 9.17) is 14.2 Å². The second kappa shape index (κ2) is 13.2. The molecule has 3 amide bonds. The molecule has 10 heteroatoms. The van der Waals surface area contributed by atoms with Gasteiger partial charge in [-0.3, -0.25) is 19.3 Å². The van der Waals surface area contributed by atoms with Crippen LogP contribution in [0.1, 0.15) is 5.56 Å². The Morgan fingerprint density at radius 2 is 1.52 bits per heavy atom. The van der Waals surface area contributed by atoms with E-state index >= 15 is 0 Å². The fraction of sp³-hybridized carbons (Fsp3) is 0.233. The Hall–Kier alpha value is -4.28. The van der Waals surface area contributed by atoms with Gasteiger partial charge in [0.05, 0.1) is 29.5 Å². The lowest BCUT2D eigenvalue weighted by molar-refractivity contribution is -0.127. The molecule has 0 saturated carbocycles. The summed E-state index contributed by atoms with van der Waals surface area (Å²) in [5, 5.41) is 2.38. The largest absolute Gasteiger partial charge is 0.490 e. The Balaban J connectivity index is 1.14. The number of benzene rings is 3. The van der Waals surface area contributed by atoms with E-state index in [0.29, 0.717) is 37.9 Å². The summed E-state index contributed by atoms with van der Waals surface area (Å²) < 4.78 is 16.8. The van der Waals surface area contributed by atoms with Crippen LogP contribution in [0.3, 0.4) is 0 Å². The summed E-state index contributed by atoms with van der Waals surface area (Å²) in [5.41, 5.74) is 2.25. The van der Waals surface area contributed by atoms with Crippen LogP contribution in [-0.2, 0) is 14.3 Å². The smallest absolute Gasteiger partial charge is 0.294 e. The number of amides is 3. The van der Waals surface area contributed by atoms with E-state index in [1.54, 1.807) is 36.4 Å². The number of carbonyl (C=O) groups is 3. The molecule has 2 aliphatic rings. The molecule has 1 N–H and O–H groups in total. The zero-order valence-electron chi connectivity index (χ0n) is 21.8. The molecule has 0 aliphatic carbocycles. The molecule has 5 rings (SSSR count). The van der Waals surface area contributed by atoms with Crippen molar-refractivity contribution in [3.8, 4) is 11.5 Å². The second-order valence-corrected chi connectivity index (χ2v) is 10.0. The number of anilines is 2. The van der Waals surface area contributed by atoms with Crippen molar-refractivity contribution < 1.29 is 28.6 Å². The summed E-state index contributed by atoms with van der Waals surface area (Å²) in [6.45, 7) is 3.09. The first-order valence-corrected chi connectivity index (χ1v) is 13.8. The van der Waals surface area contributed by atoms with E-state index in [0.717, 1.165) is 46.8 Å². The summed E-state index contributed by atoms with van der Waals surface area (Å²) in [6.07, 6.45) is 1.64. The monoisotopic (exact) mass is 559 g/mol. The maximum atomic E-state index is 13.0. The Morgan fingerprint density at radius 1 is 0.875 bits per heavy atom. The van der Waals surface area contributed by atoms with E-state index in [1.165, 1.54) is 0 Å². The predicted molar refractivity (Wildman–Crippen MR) is 155 cm³/mol. The van der Waals surface area contributed by atoms with Gasteiger partial charge in [-0.25, -0.2) is 0 Å². The van der Waals surface area contributed by atoms with Gasteiger partial charge in [-0.1, -0.05) is 42.5 Å². The number of thioether (sulfide) groups is 1. The first-order valence-electron chi connectivity index (χ1n) is 12.9. The number of imide groups is 1. The molecular weight excluding hydrogens is 530 g/mol. The average Bonchev–Trinajstić information content (AvgIpc) is 3.24. The highest BCUT2D eigenvalue weighted by molar-refractivity contribution is 8.18. The summed E-state index contributed by atoms with van der Waals surface area (Å²) >= 11 is 0.818. The van der Waals surface area contributed by atoms with Crippen LogP contribution in [0, 0.1) is 0 Å². The molecule has 9 nitrogen and oxygen atoms in total. The maximum absolute atomic E-state index is 13.0. The lowest BCUT2D eigenvalue weighted by Crippen LogP contribution is -2.38. The van der Waals surface area contributed by atoms with Gasteiger partial charge < -0.3 is 24.4 Å². The normalized spacial score (nSPS) is 16.4. The Morgan fingerprint density at radius 3 is 2.25 bits per heavy atom. The lowest BCUT2D eigenvalue weighted by atomic mass is 10.2. The molecule has 40 heavy (non-hydrogen) atoms. The maximum Gasteiger partial charge on any atom is 0.294 e. The number of ether oxygens (including phenoxy) is 3. The van der Waals surface area contributed by atoms with Gasteiger partial charge in [0.15, 0.2) is 0 Å². The Bertz CT molecular complexity index is 1370. The van der Waals surface area contributed by atoms with Crippen LogP contribution in [0.4, 0.5) is 16.2 Å². The minimum atomic E-state index is -0.495. The van der Waals surface area contributed by atoms with Crippen molar-refractivity contribution in [3.63, 3.8) is 0 Å². The number of hydrogen-bond donors (Lipinski definition) is 1. The van der Waals surface area contributed by atoms with Crippen LogP contribution < -0.4 is 19.7 Å². The standard InChI is InChI=1S/C30H29N3O6S/c34-28(31-25-8-4-5-9-26(25)32-14-16-37-17-15-32)21-33-29(35)27(40-30(33)36)20-22-10-12-24(13-11-22)39-19-18-38-23-6-2-1-3-7-23/h1-13,20H,14-19,21H2,(H,31,34)/b27-20+. The van der Waals surface area contributed by atoms with E-state index in [1.807, 2.05) is 48.5 Å². The van der Waals surface area contributed by atoms with Crippen molar-refractivity contribution in [3.05, 3.63) is 89.3 Å². The third kappa shape index (κ3) is 7.02. The van der Waals surface area contributed by atoms with Gasteiger partial charge in [-0.2, -0.15) is 0 Å². The van der Waals surface area contributed by atoms with Crippen LogP contribution in [0.5, 0.6) is 11.5 Å². The molecule has 2 aliphatic heterocycles. The van der Waals surface area contributed by atoms with Gasteiger partial charge in [-0.15, -0.1) is 0 Å². The van der Waals surface area contributed by atoms with E-state index in [9.17, 15) is 14.4 Å². The van der Waals surface area contributed by atoms with Crippen molar-refractivity contribution in [1.29, 1.82) is 0 Å². The van der Waals surface area contributed by atoms with E-state index in [-0.39, 0.29) is 11.4 Å². The Kier molecular flexibility index (Phi) is 9.00. The minimum absolute atomic E-state index is 0.261. The fourth-order valence-corrected chi connectivity index (χ4v) is 5.11. The Labute approximate surface area is 236 Å². The summed E-state index contributed by atoms with van der Waals surface area (Å²) in [4.78, 5) is 41.7. The number of nitrogens with zero attached hydrogens (tertiary/aromatic N) is 2. The lowest BCUT2D eigenvalue weighted by Gasteiger charge is -2.30. The van der Waals surface area contributed by atoms with Crippen molar-refractivity contribution in [2.75, 3.05) is 56.3 Å². The summed E-state index contributed by atoms with van der Waals surface area (Å²) in [7, 11) is 0. The van der Waals surface area contributed by atoms with Crippen LogP contribution in [0.25, 0.3) is 6.08 Å². The molecular formula is C30H29N3O6S. The second-order valence-electron chi connectivity index (χ2n) is 9.01. The molecule has 0 aromatic heterocycles. The molecule has 0 radical (unpaired) electrons.